The zero-order valence-electron chi connectivity index (χ0n) is 12.0. The zero-order valence-corrected chi connectivity index (χ0v) is 13.6. The Kier molecular flexibility index (Phi) is 5.04. The van der Waals surface area contributed by atoms with Crippen LogP contribution in [0.25, 0.3) is 0 Å². The van der Waals surface area contributed by atoms with Crippen LogP contribution in [0.1, 0.15) is 30.5 Å². The van der Waals surface area contributed by atoms with Gasteiger partial charge in [-0.3, -0.25) is 0 Å². The van der Waals surface area contributed by atoms with Gasteiger partial charge < -0.3 is 0 Å². The van der Waals surface area contributed by atoms with Crippen molar-refractivity contribution in [3.05, 3.63) is 64.7 Å². The lowest BCUT2D eigenvalue weighted by molar-refractivity contribution is 0.550. The molecule has 1 N–H and O–H groups in total. The van der Waals surface area contributed by atoms with Gasteiger partial charge in [-0.15, -0.1) is 0 Å². The summed E-state index contributed by atoms with van der Waals surface area (Å²) in [6.45, 7) is 3.86. The van der Waals surface area contributed by atoms with E-state index in [2.05, 4.69) is 4.72 Å². The van der Waals surface area contributed by atoms with E-state index >= 15 is 0 Å². The highest BCUT2D eigenvalue weighted by Gasteiger charge is 2.20. The number of hydrogen-bond acceptors (Lipinski definition) is 2. The predicted molar refractivity (Wildman–Crippen MR) is 86.0 cm³/mol. The number of hydrogen-bond donors (Lipinski definition) is 1. The van der Waals surface area contributed by atoms with Gasteiger partial charge in [-0.25, -0.2) is 13.1 Å². The number of rotatable bonds is 5. The molecule has 1 atom stereocenters. The van der Waals surface area contributed by atoms with E-state index in [1.165, 1.54) is 0 Å². The molecule has 0 saturated carbocycles. The minimum atomic E-state index is -3.54. The van der Waals surface area contributed by atoms with Crippen LogP contribution in [-0.2, 0) is 10.0 Å². The van der Waals surface area contributed by atoms with Gasteiger partial charge in [0, 0.05) is 11.1 Å². The SMILES string of the molecule is CCC(NS(=O)(=O)c1ccc(C)cc1)c1cccc(Cl)c1. The second-order valence-corrected chi connectivity index (χ2v) is 7.10. The van der Waals surface area contributed by atoms with Crippen LogP contribution in [0.15, 0.2) is 53.4 Å². The molecule has 2 aromatic rings. The van der Waals surface area contributed by atoms with Gasteiger partial charge in [0.05, 0.1) is 4.90 Å². The van der Waals surface area contributed by atoms with Crippen LogP contribution in [0.4, 0.5) is 0 Å². The second kappa shape index (κ2) is 6.60. The molecular weight excluding hydrogens is 306 g/mol. The van der Waals surface area contributed by atoms with E-state index in [0.717, 1.165) is 11.1 Å². The molecule has 0 aromatic heterocycles. The van der Waals surface area contributed by atoms with E-state index in [9.17, 15) is 8.42 Å². The first-order valence-electron chi connectivity index (χ1n) is 6.77. The minimum Gasteiger partial charge on any atom is -0.207 e. The molecule has 0 heterocycles. The lowest BCUT2D eigenvalue weighted by Gasteiger charge is -2.18. The summed E-state index contributed by atoms with van der Waals surface area (Å²) in [4.78, 5) is 0.272. The first-order valence-corrected chi connectivity index (χ1v) is 8.63. The Morgan fingerprint density at radius 1 is 1.14 bits per heavy atom. The summed E-state index contributed by atoms with van der Waals surface area (Å²) >= 11 is 5.97. The van der Waals surface area contributed by atoms with Crippen LogP contribution in [-0.4, -0.2) is 8.42 Å². The van der Waals surface area contributed by atoms with Crippen LogP contribution >= 0.6 is 11.6 Å². The molecule has 0 bridgehead atoms. The first-order chi connectivity index (χ1) is 9.92. The molecule has 0 aliphatic rings. The molecule has 2 rings (SSSR count). The number of nitrogens with one attached hydrogen (secondary N) is 1. The first kappa shape index (κ1) is 16.0. The van der Waals surface area contributed by atoms with E-state index < -0.39 is 10.0 Å². The highest BCUT2D eigenvalue weighted by molar-refractivity contribution is 7.89. The summed E-state index contributed by atoms with van der Waals surface area (Å²) in [7, 11) is -3.54. The maximum absolute atomic E-state index is 12.4. The fourth-order valence-electron chi connectivity index (χ4n) is 2.08. The topological polar surface area (TPSA) is 46.2 Å². The molecule has 5 heteroatoms. The highest BCUT2D eigenvalue weighted by atomic mass is 35.5. The molecule has 0 saturated heterocycles. The van der Waals surface area contributed by atoms with Crippen molar-refractivity contribution in [2.75, 3.05) is 0 Å². The third-order valence-corrected chi connectivity index (χ3v) is 5.01. The van der Waals surface area contributed by atoms with Crippen molar-refractivity contribution in [3.63, 3.8) is 0 Å². The minimum absolute atomic E-state index is 0.272. The maximum Gasteiger partial charge on any atom is 0.241 e. The van der Waals surface area contributed by atoms with Crippen LogP contribution < -0.4 is 4.72 Å². The number of benzene rings is 2. The van der Waals surface area contributed by atoms with Gasteiger partial charge in [0.1, 0.15) is 0 Å². The summed E-state index contributed by atoms with van der Waals surface area (Å²) in [6, 6.07) is 13.8. The van der Waals surface area contributed by atoms with Crippen LogP contribution in [0.2, 0.25) is 5.02 Å². The van der Waals surface area contributed by atoms with Gasteiger partial charge in [-0.1, -0.05) is 48.4 Å². The lowest BCUT2D eigenvalue weighted by atomic mass is 10.1. The largest absolute Gasteiger partial charge is 0.241 e. The molecule has 0 spiro atoms. The summed E-state index contributed by atoms with van der Waals surface area (Å²) in [5.74, 6) is 0. The molecule has 0 radical (unpaired) electrons. The van der Waals surface area contributed by atoms with E-state index in [1.54, 1.807) is 36.4 Å². The summed E-state index contributed by atoms with van der Waals surface area (Å²) in [6.07, 6.45) is 0.644. The van der Waals surface area contributed by atoms with E-state index in [1.807, 2.05) is 26.0 Å². The van der Waals surface area contributed by atoms with Crippen molar-refractivity contribution in [1.29, 1.82) is 0 Å². The van der Waals surface area contributed by atoms with Crippen molar-refractivity contribution in [2.24, 2.45) is 0 Å². The molecule has 0 amide bonds. The van der Waals surface area contributed by atoms with E-state index in [-0.39, 0.29) is 10.9 Å². The lowest BCUT2D eigenvalue weighted by Crippen LogP contribution is -2.28. The predicted octanol–water partition coefficient (Wildman–Crippen LogP) is 4.08. The van der Waals surface area contributed by atoms with Crippen molar-refractivity contribution < 1.29 is 8.42 Å². The molecule has 21 heavy (non-hydrogen) atoms. The summed E-state index contributed by atoms with van der Waals surface area (Å²) < 4.78 is 27.6. The fourth-order valence-corrected chi connectivity index (χ4v) is 3.59. The molecule has 2 aromatic carbocycles. The quantitative estimate of drug-likeness (QED) is 0.901. The Morgan fingerprint density at radius 2 is 1.81 bits per heavy atom. The molecule has 3 nitrogen and oxygen atoms in total. The second-order valence-electron chi connectivity index (χ2n) is 4.95. The van der Waals surface area contributed by atoms with Crippen molar-refractivity contribution in [3.8, 4) is 0 Å². The van der Waals surface area contributed by atoms with Gasteiger partial charge >= 0.3 is 0 Å². The van der Waals surface area contributed by atoms with Gasteiger partial charge in [-0.05, 0) is 43.2 Å². The molecule has 0 fully saturated rings. The Morgan fingerprint density at radius 3 is 2.38 bits per heavy atom. The van der Waals surface area contributed by atoms with Crippen LogP contribution in [0, 0.1) is 6.92 Å². The van der Waals surface area contributed by atoms with Crippen molar-refractivity contribution in [1.82, 2.24) is 4.72 Å². The summed E-state index contributed by atoms with van der Waals surface area (Å²) in [5, 5.41) is 0.598. The number of halogens is 1. The van der Waals surface area contributed by atoms with Crippen LogP contribution in [0.5, 0.6) is 0 Å². The van der Waals surface area contributed by atoms with E-state index in [4.69, 9.17) is 11.6 Å². The Labute approximate surface area is 131 Å². The van der Waals surface area contributed by atoms with Crippen molar-refractivity contribution in [2.45, 2.75) is 31.2 Å². The van der Waals surface area contributed by atoms with Crippen molar-refractivity contribution >= 4 is 21.6 Å². The monoisotopic (exact) mass is 323 g/mol. The Hall–Kier alpha value is -1.36. The molecule has 1 unspecified atom stereocenters. The molecule has 112 valence electrons. The van der Waals surface area contributed by atoms with Gasteiger partial charge in [0.25, 0.3) is 0 Å². The number of sulfonamides is 1. The highest BCUT2D eigenvalue weighted by Crippen LogP contribution is 2.23. The Balaban J connectivity index is 2.27. The molecule has 0 aliphatic heterocycles. The van der Waals surface area contributed by atoms with Gasteiger partial charge in [0.15, 0.2) is 0 Å². The average Bonchev–Trinajstić information content (AvgIpc) is 2.45. The summed E-state index contributed by atoms with van der Waals surface area (Å²) in [5.41, 5.74) is 1.89. The third kappa shape index (κ3) is 4.06. The maximum atomic E-state index is 12.4. The number of aryl methyl sites for hydroxylation is 1. The fraction of sp³-hybridized carbons (Fsp3) is 0.250. The standard InChI is InChI=1S/C16H18ClNO2S/c1-3-16(13-5-4-6-14(17)11-13)18-21(19,20)15-9-7-12(2)8-10-15/h4-11,16,18H,3H2,1-2H3. The smallest absolute Gasteiger partial charge is 0.207 e. The van der Waals surface area contributed by atoms with Crippen LogP contribution in [0.3, 0.4) is 0 Å². The third-order valence-electron chi connectivity index (χ3n) is 3.29. The van der Waals surface area contributed by atoms with Gasteiger partial charge in [-0.2, -0.15) is 0 Å². The molecule has 0 aliphatic carbocycles. The molecular formula is C16H18ClNO2S. The zero-order chi connectivity index (χ0) is 15.5. The average molecular weight is 324 g/mol. The normalized spacial score (nSPS) is 13.1. The Bertz CT molecular complexity index is 711. The van der Waals surface area contributed by atoms with E-state index in [0.29, 0.717) is 11.4 Å². The van der Waals surface area contributed by atoms with Gasteiger partial charge in [0.2, 0.25) is 10.0 Å².